The van der Waals surface area contributed by atoms with E-state index >= 15 is 0 Å². The molecule has 0 aromatic heterocycles. The highest BCUT2D eigenvalue weighted by molar-refractivity contribution is 8.14. The Morgan fingerprint density at radius 3 is 2.60 bits per heavy atom. The molecule has 0 aliphatic carbocycles. The van der Waals surface area contributed by atoms with Crippen molar-refractivity contribution in [2.24, 2.45) is 10.9 Å². The smallest absolute Gasteiger partial charge is 0.369 e. The number of amides is 2. The molecule has 0 aromatic carbocycles. The Kier molecular flexibility index (Phi) is 6.52. The molecule has 0 aromatic rings. The minimum Gasteiger partial charge on any atom is -0.369 e. The number of nitrogens with two attached hydrogens (primary N) is 1. The van der Waals surface area contributed by atoms with E-state index in [0.29, 0.717) is 11.5 Å². The van der Waals surface area contributed by atoms with Gasteiger partial charge in [-0.25, -0.2) is 4.79 Å². The predicted octanol–water partition coefficient (Wildman–Crippen LogP) is 0.673. The molecular formula is C8H15N3O3S. The SMILES string of the molecule is CCC(S/C(C)=N\OC(=O)NC)C(N)=O. The minimum absolute atomic E-state index is 0.345. The fourth-order valence-corrected chi connectivity index (χ4v) is 1.50. The number of carbonyl (C=O) groups excluding carboxylic acids is 2. The van der Waals surface area contributed by atoms with Gasteiger partial charge in [0.05, 0.1) is 5.25 Å². The second kappa shape index (κ2) is 7.10. The van der Waals surface area contributed by atoms with Gasteiger partial charge in [0.15, 0.2) is 0 Å². The number of carbonyl (C=O) groups is 2. The van der Waals surface area contributed by atoms with Crippen LogP contribution in [0.15, 0.2) is 5.16 Å². The monoisotopic (exact) mass is 233 g/mol. The van der Waals surface area contributed by atoms with E-state index < -0.39 is 12.0 Å². The Balaban J connectivity index is 4.15. The summed E-state index contributed by atoms with van der Waals surface area (Å²) in [6.45, 7) is 3.48. The van der Waals surface area contributed by atoms with Gasteiger partial charge >= 0.3 is 6.09 Å². The van der Waals surface area contributed by atoms with Gasteiger partial charge in [0.25, 0.3) is 0 Å². The van der Waals surface area contributed by atoms with Crippen LogP contribution in [0.5, 0.6) is 0 Å². The molecule has 1 unspecified atom stereocenters. The summed E-state index contributed by atoms with van der Waals surface area (Å²) in [6.07, 6.45) is -0.0469. The molecule has 2 amide bonds. The number of nitrogens with one attached hydrogen (secondary N) is 1. The van der Waals surface area contributed by atoms with Gasteiger partial charge in [-0.15, -0.1) is 0 Å². The molecule has 1 atom stereocenters. The van der Waals surface area contributed by atoms with Gasteiger partial charge in [-0.2, -0.15) is 0 Å². The zero-order valence-corrected chi connectivity index (χ0v) is 9.76. The Labute approximate surface area is 92.6 Å². The molecule has 0 saturated carbocycles. The maximum absolute atomic E-state index is 10.9. The van der Waals surface area contributed by atoms with Crippen molar-refractivity contribution in [3.8, 4) is 0 Å². The highest BCUT2D eigenvalue weighted by atomic mass is 32.2. The molecule has 0 aliphatic rings. The van der Waals surface area contributed by atoms with Gasteiger partial charge in [0, 0.05) is 7.05 Å². The van der Waals surface area contributed by atoms with Crippen LogP contribution in [0, 0.1) is 0 Å². The van der Waals surface area contributed by atoms with E-state index in [1.165, 1.54) is 18.8 Å². The van der Waals surface area contributed by atoms with E-state index in [1.807, 2.05) is 6.92 Å². The van der Waals surface area contributed by atoms with Gasteiger partial charge in [0.2, 0.25) is 5.91 Å². The summed E-state index contributed by atoms with van der Waals surface area (Å²) >= 11 is 1.18. The molecule has 0 aliphatic heterocycles. The molecule has 86 valence electrons. The molecule has 0 heterocycles. The number of primary amides is 1. The predicted molar refractivity (Wildman–Crippen MR) is 59.5 cm³/mol. The topological polar surface area (TPSA) is 93.8 Å². The molecule has 0 radical (unpaired) electrons. The number of rotatable bonds is 4. The zero-order chi connectivity index (χ0) is 11.8. The van der Waals surface area contributed by atoms with Crippen LogP contribution >= 0.6 is 11.8 Å². The van der Waals surface area contributed by atoms with E-state index in [-0.39, 0.29) is 5.25 Å². The Hall–Kier alpha value is -1.24. The summed E-state index contributed by atoms with van der Waals surface area (Å²) in [7, 11) is 1.43. The van der Waals surface area contributed by atoms with Crippen LogP contribution in [0.4, 0.5) is 4.79 Å². The van der Waals surface area contributed by atoms with E-state index in [0.717, 1.165) is 0 Å². The second-order valence-corrected chi connectivity index (χ2v) is 4.05. The van der Waals surface area contributed by atoms with Crippen LogP contribution in [0.1, 0.15) is 20.3 Å². The summed E-state index contributed by atoms with van der Waals surface area (Å²) in [5.41, 5.74) is 5.14. The van der Waals surface area contributed by atoms with Crippen molar-refractivity contribution in [3.05, 3.63) is 0 Å². The molecule has 0 bridgehead atoms. The summed E-state index contributed by atoms with van der Waals surface area (Å²) in [5.74, 6) is -0.406. The standard InChI is InChI=1S/C8H15N3O3S/c1-4-6(7(9)12)15-5(2)11-14-8(13)10-3/h6H,4H2,1-3H3,(H2,9,12)(H,10,13)/b11-5-. The van der Waals surface area contributed by atoms with E-state index in [4.69, 9.17) is 5.73 Å². The van der Waals surface area contributed by atoms with E-state index in [1.54, 1.807) is 6.92 Å². The van der Waals surface area contributed by atoms with Crippen LogP contribution in [0.2, 0.25) is 0 Å². The summed E-state index contributed by atoms with van der Waals surface area (Å²) < 4.78 is 0. The fraction of sp³-hybridized carbons (Fsp3) is 0.625. The third-order valence-corrected chi connectivity index (χ3v) is 2.73. The maximum atomic E-state index is 10.9. The minimum atomic E-state index is -0.651. The average molecular weight is 233 g/mol. The van der Waals surface area contributed by atoms with Crippen LogP contribution in [0.25, 0.3) is 0 Å². The lowest BCUT2D eigenvalue weighted by Crippen LogP contribution is -2.26. The van der Waals surface area contributed by atoms with E-state index in [2.05, 4.69) is 15.3 Å². The molecule has 0 saturated heterocycles. The van der Waals surface area contributed by atoms with E-state index in [9.17, 15) is 9.59 Å². The number of nitrogens with zero attached hydrogens (tertiary/aromatic N) is 1. The lowest BCUT2D eigenvalue weighted by molar-refractivity contribution is -0.117. The lowest BCUT2D eigenvalue weighted by atomic mass is 10.3. The molecule has 7 heteroatoms. The number of thioether (sulfide) groups is 1. The first-order chi connectivity index (χ1) is 7.01. The molecule has 3 N–H and O–H groups in total. The second-order valence-electron chi connectivity index (χ2n) is 2.66. The molecule has 0 fully saturated rings. The largest absolute Gasteiger partial charge is 0.433 e. The maximum Gasteiger partial charge on any atom is 0.433 e. The van der Waals surface area contributed by atoms with Crippen molar-refractivity contribution in [1.29, 1.82) is 0 Å². The average Bonchev–Trinajstić information content (AvgIpc) is 2.21. The summed E-state index contributed by atoms with van der Waals surface area (Å²) in [6, 6.07) is 0. The zero-order valence-electron chi connectivity index (χ0n) is 8.94. The summed E-state index contributed by atoms with van der Waals surface area (Å²) in [5, 5.41) is 5.90. The van der Waals surface area contributed by atoms with Gasteiger partial charge in [0.1, 0.15) is 5.04 Å². The Bertz CT molecular complexity index is 268. The van der Waals surface area contributed by atoms with Gasteiger partial charge < -0.3 is 11.1 Å². The first-order valence-electron chi connectivity index (χ1n) is 4.40. The van der Waals surface area contributed by atoms with Crippen LogP contribution in [0.3, 0.4) is 0 Å². The third-order valence-electron chi connectivity index (χ3n) is 1.46. The van der Waals surface area contributed by atoms with Crippen molar-refractivity contribution in [3.63, 3.8) is 0 Å². The quantitative estimate of drug-likeness (QED) is 0.323. The fourth-order valence-electron chi connectivity index (χ4n) is 0.721. The highest BCUT2D eigenvalue weighted by Crippen LogP contribution is 2.16. The Morgan fingerprint density at radius 1 is 1.60 bits per heavy atom. The van der Waals surface area contributed by atoms with Crippen molar-refractivity contribution in [1.82, 2.24) is 5.32 Å². The molecule has 15 heavy (non-hydrogen) atoms. The number of oxime groups is 1. The molecule has 6 nitrogen and oxygen atoms in total. The van der Waals surface area contributed by atoms with Gasteiger partial charge in [-0.05, 0) is 13.3 Å². The van der Waals surface area contributed by atoms with Crippen molar-refractivity contribution in [2.75, 3.05) is 7.05 Å². The van der Waals surface area contributed by atoms with Crippen molar-refractivity contribution in [2.45, 2.75) is 25.5 Å². The van der Waals surface area contributed by atoms with Gasteiger partial charge in [-0.3, -0.25) is 9.63 Å². The molecule has 0 rings (SSSR count). The molecular weight excluding hydrogens is 218 g/mol. The van der Waals surface area contributed by atoms with Crippen LogP contribution in [-0.4, -0.2) is 29.3 Å². The lowest BCUT2D eigenvalue weighted by Gasteiger charge is -2.08. The van der Waals surface area contributed by atoms with Crippen LogP contribution < -0.4 is 11.1 Å². The number of hydrogen-bond donors (Lipinski definition) is 2. The van der Waals surface area contributed by atoms with Crippen molar-refractivity contribution >= 4 is 28.8 Å². The highest BCUT2D eigenvalue weighted by Gasteiger charge is 2.15. The summed E-state index contributed by atoms with van der Waals surface area (Å²) in [4.78, 5) is 26.0. The molecule has 0 spiro atoms. The normalized spacial score (nSPS) is 13.1. The first kappa shape index (κ1) is 13.8. The first-order valence-corrected chi connectivity index (χ1v) is 5.28. The van der Waals surface area contributed by atoms with Crippen LogP contribution in [-0.2, 0) is 9.63 Å². The number of hydrogen-bond acceptors (Lipinski definition) is 5. The van der Waals surface area contributed by atoms with Gasteiger partial charge in [-0.1, -0.05) is 23.8 Å². The third kappa shape index (κ3) is 5.95. The Morgan fingerprint density at radius 2 is 2.20 bits per heavy atom. The van der Waals surface area contributed by atoms with Crippen molar-refractivity contribution < 1.29 is 14.4 Å².